The maximum absolute atomic E-state index is 13.4. The first kappa shape index (κ1) is 14.9. The summed E-state index contributed by atoms with van der Waals surface area (Å²) in [5.41, 5.74) is 2.11. The summed E-state index contributed by atoms with van der Waals surface area (Å²) in [5.74, 6) is -0.266. The lowest BCUT2D eigenvalue weighted by molar-refractivity contribution is -0.118. The lowest BCUT2D eigenvalue weighted by Gasteiger charge is -2.40. The van der Waals surface area contributed by atoms with E-state index >= 15 is 0 Å². The van der Waals surface area contributed by atoms with Crippen LogP contribution in [0.3, 0.4) is 0 Å². The van der Waals surface area contributed by atoms with E-state index in [1.165, 1.54) is 17.7 Å². The monoisotopic (exact) mass is 322 g/mol. The Balaban J connectivity index is 1.84. The molecule has 2 aromatic carbocycles. The van der Waals surface area contributed by atoms with Gasteiger partial charge in [-0.3, -0.25) is 4.79 Å². The number of halogens is 1. The number of benzene rings is 2. The molecule has 2 aromatic rings. The van der Waals surface area contributed by atoms with Crippen molar-refractivity contribution in [2.24, 2.45) is 0 Å². The molecule has 0 radical (unpaired) electrons. The number of nitrogens with one attached hydrogen (secondary N) is 1. The summed E-state index contributed by atoms with van der Waals surface area (Å²) in [6, 6.07) is 14.6. The minimum absolute atomic E-state index is 0.00136. The Kier molecular flexibility index (Phi) is 3.07. The summed E-state index contributed by atoms with van der Waals surface area (Å²) in [6.45, 7) is 4.59. The summed E-state index contributed by atoms with van der Waals surface area (Å²) >= 11 is 0. The van der Waals surface area contributed by atoms with Gasteiger partial charge in [0.15, 0.2) is 0 Å². The van der Waals surface area contributed by atoms with Gasteiger partial charge in [0, 0.05) is 11.1 Å². The van der Waals surface area contributed by atoms with Gasteiger partial charge in [0.1, 0.15) is 11.5 Å². The maximum Gasteiger partial charge on any atom is 0.241 e. The van der Waals surface area contributed by atoms with Crippen molar-refractivity contribution in [3.63, 3.8) is 0 Å². The number of nitrogens with zero attached hydrogens (tertiary/aromatic N) is 1. The molecular weight excluding hydrogens is 303 g/mol. The van der Waals surface area contributed by atoms with Crippen molar-refractivity contribution in [3.8, 4) is 0 Å². The highest BCUT2D eigenvalue weighted by Gasteiger charge is 2.59. The Hall–Kier alpha value is -2.62. The van der Waals surface area contributed by atoms with Crippen LogP contribution in [0.2, 0.25) is 0 Å². The van der Waals surface area contributed by atoms with Gasteiger partial charge in [0.2, 0.25) is 5.91 Å². The molecule has 0 saturated carbocycles. The van der Waals surface area contributed by atoms with E-state index in [4.69, 9.17) is 0 Å². The number of amides is 1. The third-order valence-electron chi connectivity index (χ3n) is 5.24. The molecule has 0 bridgehead atoms. The molecule has 1 saturated heterocycles. The predicted molar refractivity (Wildman–Crippen MR) is 93.1 cm³/mol. The zero-order chi connectivity index (χ0) is 16.9. The third-order valence-corrected chi connectivity index (χ3v) is 5.24. The normalized spacial score (nSPS) is 24.1. The second kappa shape index (κ2) is 4.94. The van der Waals surface area contributed by atoms with E-state index in [1.807, 2.05) is 30.4 Å². The average molecular weight is 322 g/mol. The predicted octanol–water partition coefficient (Wildman–Crippen LogP) is 3.46. The van der Waals surface area contributed by atoms with Gasteiger partial charge < -0.3 is 10.2 Å². The Labute approximate surface area is 140 Å². The van der Waals surface area contributed by atoms with Crippen LogP contribution in [0.25, 0.3) is 6.08 Å². The minimum Gasteiger partial charge on any atom is -0.335 e. The fourth-order valence-electron chi connectivity index (χ4n) is 3.97. The van der Waals surface area contributed by atoms with Gasteiger partial charge in [-0.05, 0) is 35.4 Å². The number of para-hydroxylation sites is 1. The van der Waals surface area contributed by atoms with Crippen LogP contribution in [-0.2, 0) is 10.2 Å². The van der Waals surface area contributed by atoms with E-state index in [0.29, 0.717) is 6.54 Å². The van der Waals surface area contributed by atoms with Gasteiger partial charge in [0.25, 0.3) is 0 Å². The van der Waals surface area contributed by atoms with Gasteiger partial charge in [-0.25, -0.2) is 4.39 Å². The number of hydrogen-bond acceptors (Lipinski definition) is 2. The zero-order valence-corrected chi connectivity index (χ0v) is 13.7. The number of hydrogen-bond donors (Lipinski definition) is 1. The van der Waals surface area contributed by atoms with Crippen LogP contribution < -0.4 is 10.2 Å². The smallest absolute Gasteiger partial charge is 0.241 e. The van der Waals surface area contributed by atoms with Gasteiger partial charge >= 0.3 is 0 Å². The number of rotatable bonds is 2. The van der Waals surface area contributed by atoms with E-state index in [2.05, 4.69) is 36.2 Å². The highest BCUT2D eigenvalue weighted by atomic mass is 19.1. The lowest BCUT2D eigenvalue weighted by Crippen LogP contribution is -2.58. The summed E-state index contributed by atoms with van der Waals surface area (Å²) < 4.78 is 13.4. The van der Waals surface area contributed by atoms with Crippen LogP contribution in [0.5, 0.6) is 0 Å². The molecule has 0 spiro atoms. The van der Waals surface area contributed by atoms with Crippen LogP contribution in [0, 0.1) is 5.82 Å². The van der Waals surface area contributed by atoms with Crippen molar-refractivity contribution in [2.45, 2.75) is 24.9 Å². The number of carbonyl (C=O) groups excluding carboxylic acids is 1. The standard InChI is InChI=1S/C20H19FN2O/c1-19(2)16-8-3-4-9-17(16)23-13-18(24)22-20(19,23)11-10-14-6-5-7-15(21)12-14/h3-12H,13H2,1-2H3,(H,22,24)/b11-10+/t20-/m0/s1. The molecule has 2 heterocycles. The molecule has 4 rings (SSSR count). The van der Waals surface area contributed by atoms with Crippen molar-refractivity contribution < 1.29 is 9.18 Å². The fraction of sp³-hybridized carbons (Fsp3) is 0.250. The molecule has 1 amide bonds. The Morgan fingerprint density at radius 1 is 1.17 bits per heavy atom. The van der Waals surface area contributed by atoms with Crippen LogP contribution in [0.15, 0.2) is 54.6 Å². The molecule has 122 valence electrons. The SMILES string of the molecule is CC1(C)c2ccccc2N2CC(=O)N[C@@]21/C=C/c1cccc(F)c1. The molecule has 1 atom stereocenters. The average Bonchev–Trinajstić information content (AvgIpc) is 2.98. The Bertz CT molecular complexity index is 858. The molecule has 24 heavy (non-hydrogen) atoms. The molecule has 0 unspecified atom stereocenters. The Morgan fingerprint density at radius 2 is 1.96 bits per heavy atom. The van der Waals surface area contributed by atoms with Gasteiger partial charge in [-0.1, -0.05) is 50.3 Å². The topological polar surface area (TPSA) is 32.3 Å². The first-order valence-electron chi connectivity index (χ1n) is 8.07. The fourth-order valence-corrected chi connectivity index (χ4v) is 3.97. The summed E-state index contributed by atoms with van der Waals surface area (Å²) in [7, 11) is 0. The van der Waals surface area contributed by atoms with E-state index in [9.17, 15) is 9.18 Å². The summed E-state index contributed by atoms with van der Waals surface area (Å²) in [5, 5.41) is 3.16. The highest BCUT2D eigenvalue weighted by molar-refractivity contribution is 5.91. The largest absolute Gasteiger partial charge is 0.335 e. The van der Waals surface area contributed by atoms with Crippen molar-refractivity contribution in [1.82, 2.24) is 5.32 Å². The third kappa shape index (κ3) is 1.92. The van der Waals surface area contributed by atoms with Crippen molar-refractivity contribution in [3.05, 3.63) is 71.6 Å². The molecule has 2 aliphatic rings. The second-order valence-electron chi connectivity index (χ2n) is 6.93. The molecule has 1 N–H and O–H groups in total. The molecule has 2 aliphatic heterocycles. The molecule has 4 heteroatoms. The van der Waals surface area contributed by atoms with Crippen molar-refractivity contribution in [2.75, 3.05) is 11.4 Å². The maximum atomic E-state index is 13.4. The lowest BCUT2D eigenvalue weighted by atomic mass is 9.75. The van der Waals surface area contributed by atoms with Crippen LogP contribution in [-0.4, -0.2) is 18.1 Å². The first-order chi connectivity index (χ1) is 11.4. The second-order valence-corrected chi connectivity index (χ2v) is 6.93. The van der Waals surface area contributed by atoms with Crippen molar-refractivity contribution in [1.29, 1.82) is 0 Å². The summed E-state index contributed by atoms with van der Waals surface area (Å²) in [4.78, 5) is 14.3. The van der Waals surface area contributed by atoms with E-state index in [1.54, 1.807) is 6.07 Å². The number of carbonyl (C=O) groups is 1. The number of anilines is 1. The van der Waals surface area contributed by atoms with Crippen LogP contribution in [0.4, 0.5) is 10.1 Å². The Morgan fingerprint density at radius 3 is 2.75 bits per heavy atom. The van der Waals surface area contributed by atoms with E-state index in [0.717, 1.165) is 11.3 Å². The molecule has 0 aromatic heterocycles. The zero-order valence-electron chi connectivity index (χ0n) is 13.7. The van der Waals surface area contributed by atoms with Gasteiger partial charge in [-0.15, -0.1) is 0 Å². The van der Waals surface area contributed by atoms with Crippen LogP contribution >= 0.6 is 0 Å². The van der Waals surface area contributed by atoms with E-state index in [-0.39, 0.29) is 17.1 Å². The summed E-state index contributed by atoms with van der Waals surface area (Å²) in [6.07, 6.45) is 3.88. The van der Waals surface area contributed by atoms with Gasteiger partial charge in [0.05, 0.1) is 6.54 Å². The van der Waals surface area contributed by atoms with E-state index < -0.39 is 5.66 Å². The van der Waals surface area contributed by atoms with Crippen molar-refractivity contribution >= 4 is 17.7 Å². The molecular formula is C20H19FN2O. The number of fused-ring (bicyclic) bond motifs is 3. The first-order valence-corrected chi connectivity index (χ1v) is 8.07. The highest BCUT2D eigenvalue weighted by Crippen LogP contribution is 2.52. The molecule has 0 aliphatic carbocycles. The van der Waals surface area contributed by atoms with Gasteiger partial charge in [-0.2, -0.15) is 0 Å². The van der Waals surface area contributed by atoms with Crippen LogP contribution in [0.1, 0.15) is 25.0 Å². The quantitative estimate of drug-likeness (QED) is 0.918. The minimum atomic E-state index is -0.639. The molecule has 3 nitrogen and oxygen atoms in total. The molecule has 1 fully saturated rings.